The molecule has 0 atom stereocenters. The molecule has 0 radical (unpaired) electrons. The van der Waals surface area contributed by atoms with E-state index in [0.29, 0.717) is 0 Å². The van der Waals surface area contributed by atoms with Crippen molar-refractivity contribution in [3.63, 3.8) is 0 Å². The van der Waals surface area contributed by atoms with E-state index in [9.17, 15) is 13.6 Å². The fraction of sp³-hybridized carbons (Fsp3) is 0.333. The molecule has 2 N–H and O–H groups in total. The van der Waals surface area contributed by atoms with Gasteiger partial charge in [0.05, 0.1) is 24.6 Å². The van der Waals surface area contributed by atoms with Crippen molar-refractivity contribution in [2.75, 3.05) is 12.8 Å². The summed E-state index contributed by atoms with van der Waals surface area (Å²) < 4.78 is 29.3. The first-order chi connectivity index (χ1) is 6.99. The van der Waals surface area contributed by atoms with Crippen LogP contribution < -0.4 is 5.73 Å². The highest BCUT2D eigenvalue weighted by molar-refractivity contribution is 5.96. The topological polar surface area (TPSA) is 65.2 Å². The van der Waals surface area contributed by atoms with Crippen LogP contribution in [0, 0.1) is 6.92 Å². The van der Waals surface area contributed by atoms with Crippen LogP contribution in [0.15, 0.2) is 6.20 Å². The summed E-state index contributed by atoms with van der Waals surface area (Å²) in [4.78, 5) is 14.7. The van der Waals surface area contributed by atoms with E-state index in [0.717, 1.165) is 13.3 Å². The van der Waals surface area contributed by atoms with Crippen molar-refractivity contribution in [2.24, 2.45) is 0 Å². The summed E-state index contributed by atoms with van der Waals surface area (Å²) >= 11 is 0. The van der Waals surface area contributed by atoms with Crippen LogP contribution in [-0.2, 0) is 4.74 Å². The number of methoxy groups -OCH3 is 1. The number of halogens is 2. The van der Waals surface area contributed by atoms with Crippen molar-refractivity contribution >= 4 is 11.7 Å². The van der Waals surface area contributed by atoms with E-state index in [2.05, 4.69) is 9.72 Å². The van der Waals surface area contributed by atoms with E-state index >= 15 is 0 Å². The summed E-state index contributed by atoms with van der Waals surface area (Å²) in [5.74, 6) is -0.741. The Morgan fingerprint density at radius 2 is 2.20 bits per heavy atom. The summed E-state index contributed by atoms with van der Waals surface area (Å²) in [6.45, 7) is 1.36. The van der Waals surface area contributed by atoms with E-state index in [1.807, 2.05) is 0 Å². The van der Waals surface area contributed by atoms with Gasteiger partial charge in [0.25, 0.3) is 6.43 Å². The standard InChI is InChI=1S/C9H10F2N2O2/c1-4-6(9(14)15-2)5(12)3-13-7(4)8(10)11/h3,8H,12H2,1-2H3. The molecule has 82 valence electrons. The van der Waals surface area contributed by atoms with E-state index in [1.165, 1.54) is 6.92 Å². The van der Waals surface area contributed by atoms with Crippen LogP contribution in [0.1, 0.15) is 28.0 Å². The molecule has 0 saturated carbocycles. The van der Waals surface area contributed by atoms with Gasteiger partial charge in [0.2, 0.25) is 0 Å². The summed E-state index contributed by atoms with van der Waals surface area (Å²) in [6, 6.07) is 0. The maximum atomic E-state index is 12.5. The number of nitrogens with zero attached hydrogens (tertiary/aromatic N) is 1. The highest BCUT2D eigenvalue weighted by atomic mass is 19.3. The minimum atomic E-state index is -2.74. The van der Waals surface area contributed by atoms with Gasteiger partial charge in [-0.05, 0) is 12.5 Å². The van der Waals surface area contributed by atoms with Gasteiger partial charge in [-0.1, -0.05) is 0 Å². The molecular formula is C9H10F2N2O2. The second kappa shape index (κ2) is 4.20. The van der Waals surface area contributed by atoms with Crippen LogP contribution in [0.3, 0.4) is 0 Å². The molecule has 0 spiro atoms. The number of hydrogen-bond acceptors (Lipinski definition) is 4. The molecule has 0 aromatic carbocycles. The molecule has 6 heteroatoms. The lowest BCUT2D eigenvalue weighted by atomic mass is 10.1. The molecule has 1 aromatic rings. The number of anilines is 1. The Morgan fingerprint density at radius 3 is 2.67 bits per heavy atom. The van der Waals surface area contributed by atoms with Crippen LogP contribution >= 0.6 is 0 Å². The summed E-state index contributed by atoms with van der Waals surface area (Å²) in [5.41, 5.74) is 5.04. The Labute approximate surface area is 85.1 Å². The molecule has 1 rings (SSSR count). The molecule has 15 heavy (non-hydrogen) atoms. The molecule has 0 amide bonds. The third-order valence-corrected chi connectivity index (χ3v) is 1.99. The van der Waals surface area contributed by atoms with Crippen molar-refractivity contribution in [2.45, 2.75) is 13.3 Å². The second-order valence-corrected chi connectivity index (χ2v) is 2.89. The Hall–Kier alpha value is -1.72. The third-order valence-electron chi connectivity index (χ3n) is 1.99. The summed E-state index contributed by atoms with van der Waals surface area (Å²) in [7, 11) is 1.16. The van der Waals surface area contributed by atoms with Crippen molar-refractivity contribution < 1.29 is 18.3 Å². The van der Waals surface area contributed by atoms with Gasteiger partial charge in [-0.2, -0.15) is 0 Å². The normalized spacial score (nSPS) is 10.5. The van der Waals surface area contributed by atoms with Gasteiger partial charge in [-0.15, -0.1) is 0 Å². The highest BCUT2D eigenvalue weighted by Gasteiger charge is 2.21. The van der Waals surface area contributed by atoms with Crippen molar-refractivity contribution in [3.8, 4) is 0 Å². The van der Waals surface area contributed by atoms with E-state index in [-0.39, 0.29) is 16.8 Å². The monoisotopic (exact) mass is 216 g/mol. The first kappa shape index (κ1) is 11.4. The minimum absolute atomic E-state index is 0.0313. The van der Waals surface area contributed by atoms with E-state index in [4.69, 9.17) is 5.73 Å². The predicted molar refractivity (Wildman–Crippen MR) is 49.7 cm³/mol. The Bertz CT molecular complexity index is 394. The zero-order valence-corrected chi connectivity index (χ0v) is 8.25. The first-order valence-electron chi connectivity index (χ1n) is 4.10. The van der Waals surface area contributed by atoms with Crippen molar-refractivity contribution in [1.29, 1.82) is 0 Å². The molecule has 4 nitrogen and oxygen atoms in total. The number of nitrogens with two attached hydrogens (primary N) is 1. The van der Waals surface area contributed by atoms with Crippen molar-refractivity contribution in [1.82, 2.24) is 4.98 Å². The number of ether oxygens (including phenoxy) is 1. The molecule has 0 unspecified atom stereocenters. The van der Waals surface area contributed by atoms with E-state index < -0.39 is 18.1 Å². The molecule has 0 bridgehead atoms. The van der Waals surface area contributed by atoms with Crippen LogP contribution in [0.2, 0.25) is 0 Å². The Kier molecular flexibility index (Phi) is 3.18. The van der Waals surface area contributed by atoms with Gasteiger partial charge in [-0.25, -0.2) is 13.6 Å². The molecular weight excluding hydrogens is 206 g/mol. The van der Waals surface area contributed by atoms with Gasteiger partial charge in [0.15, 0.2) is 0 Å². The number of nitrogen functional groups attached to an aromatic ring is 1. The third kappa shape index (κ3) is 2.03. The van der Waals surface area contributed by atoms with Crippen LogP contribution in [0.25, 0.3) is 0 Å². The summed E-state index contributed by atoms with van der Waals surface area (Å²) in [5, 5.41) is 0. The number of carbonyl (C=O) groups excluding carboxylic acids is 1. The number of alkyl halides is 2. The van der Waals surface area contributed by atoms with Gasteiger partial charge >= 0.3 is 5.97 Å². The van der Waals surface area contributed by atoms with Gasteiger partial charge in [0, 0.05) is 0 Å². The SMILES string of the molecule is COC(=O)c1c(N)cnc(C(F)F)c1C. The van der Waals surface area contributed by atoms with Gasteiger partial charge in [0.1, 0.15) is 5.69 Å². The lowest BCUT2D eigenvalue weighted by Crippen LogP contribution is -2.11. The molecule has 0 aliphatic heterocycles. The number of aromatic nitrogens is 1. The molecule has 0 aliphatic carbocycles. The highest BCUT2D eigenvalue weighted by Crippen LogP contribution is 2.26. The smallest absolute Gasteiger partial charge is 0.340 e. The molecule has 0 fully saturated rings. The molecule has 1 aromatic heterocycles. The predicted octanol–water partition coefficient (Wildman–Crippen LogP) is 1.70. The van der Waals surface area contributed by atoms with Crippen LogP contribution in [-0.4, -0.2) is 18.1 Å². The van der Waals surface area contributed by atoms with Gasteiger partial charge in [-0.3, -0.25) is 4.98 Å². The summed E-state index contributed by atoms with van der Waals surface area (Å²) in [6.07, 6.45) is -1.71. The maximum absolute atomic E-state index is 12.5. The lowest BCUT2D eigenvalue weighted by molar-refractivity contribution is 0.0600. The van der Waals surface area contributed by atoms with Crippen LogP contribution in [0.5, 0.6) is 0 Å². The number of rotatable bonds is 2. The maximum Gasteiger partial charge on any atom is 0.340 e. The fourth-order valence-electron chi connectivity index (χ4n) is 1.24. The molecule has 1 heterocycles. The van der Waals surface area contributed by atoms with Crippen molar-refractivity contribution in [3.05, 3.63) is 23.0 Å². The first-order valence-corrected chi connectivity index (χ1v) is 4.10. The molecule has 0 saturated heterocycles. The minimum Gasteiger partial charge on any atom is -0.465 e. The molecule has 0 aliphatic rings. The zero-order valence-electron chi connectivity index (χ0n) is 8.25. The number of esters is 1. The second-order valence-electron chi connectivity index (χ2n) is 2.89. The number of pyridine rings is 1. The Morgan fingerprint density at radius 1 is 1.60 bits per heavy atom. The largest absolute Gasteiger partial charge is 0.465 e. The zero-order chi connectivity index (χ0) is 11.6. The number of carbonyl (C=O) groups is 1. The number of hydrogen-bond donors (Lipinski definition) is 1. The average Bonchev–Trinajstić information content (AvgIpc) is 2.16. The quantitative estimate of drug-likeness (QED) is 0.764. The van der Waals surface area contributed by atoms with Gasteiger partial charge < -0.3 is 10.5 Å². The Balaban J connectivity index is 3.36. The van der Waals surface area contributed by atoms with Crippen LogP contribution in [0.4, 0.5) is 14.5 Å². The van der Waals surface area contributed by atoms with E-state index in [1.54, 1.807) is 0 Å². The average molecular weight is 216 g/mol. The fourth-order valence-corrected chi connectivity index (χ4v) is 1.24. The lowest BCUT2D eigenvalue weighted by Gasteiger charge is -2.10.